The van der Waals surface area contributed by atoms with Crippen LogP contribution in [0.15, 0.2) is 82.8 Å². The van der Waals surface area contributed by atoms with E-state index in [1.807, 2.05) is 37.3 Å². The van der Waals surface area contributed by atoms with Crippen LogP contribution in [0, 0.1) is 6.92 Å². The summed E-state index contributed by atoms with van der Waals surface area (Å²) in [5, 5.41) is 4.23. The van der Waals surface area contributed by atoms with Crippen LogP contribution >= 0.6 is 11.6 Å². The average molecular weight is 415 g/mol. The molecule has 0 heterocycles. The lowest BCUT2D eigenvalue weighted by atomic mass is 10.2. The normalized spacial score (nSPS) is 11.5. The van der Waals surface area contributed by atoms with Crippen molar-refractivity contribution in [2.75, 3.05) is 0 Å². The smallest absolute Gasteiger partial charge is 0.276 e. The number of aryl methyl sites for hydroxylation is 1. The molecule has 0 spiro atoms. The summed E-state index contributed by atoms with van der Waals surface area (Å²) in [5.74, 6) is 0.544. The molecule has 28 heavy (non-hydrogen) atoms. The number of nitrogens with one attached hydrogen (secondary N) is 1. The Hall–Kier alpha value is -2.83. The molecule has 1 N–H and O–H groups in total. The van der Waals surface area contributed by atoms with Crippen molar-refractivity contribution in [2.24, 2.45) is 5.10 Å². The van der Waals surface area contributed by atoms with E-state index in [1.165, 1.54) is 18.3 Å². The quantitative estimate of drug-likeness (QED) is 0.456. The molecule has 3 aromatic rings. The molecule has 0 aromatic heterocycles. The van der Waals surface area contributed by atoms with E-state index in [4.69, 9.17) is 16.3 Å². The van der Waals surface area contributed by atoms with Crippen molar-refractivity contribution < 1.29 is 13.2 Å². The Morgan fingerprint density at radius 1 is 1.04 bits per heavy atom. The molecule has 3 rings (SSSR count). The van der Waals surface area contributed by atoms with Gasteiger partial charge in [0.2, 0.25) is 0 Å². The maximum atomic E-state index is 12.2. The predicted octanol–water partition coefficient (Wildman–Crippen LogP) is 4.54. The monoisotopic (exact) mass is 414 g/mol. The lowest BCUT2D eigenvalue weighted by molar-refractivity contribution is 0.306. The Kier molecular flexibility index (Phi) is 6.34. The first-order valence-electron chi connectivity index (χ1n) is 8.52. The number of hydrogen-bond acceptors (Lipinski definition) is 4. The van der Waals surface area contributed by atoms with Gasteiger partial charge in [-0.25, -0.2) is 4.83 Å². The lowest BCUT2D eigenvalue weighted by Gasteiger charge is -2.08. The molecule has 144 valence electrons. The number of rotatable bonds is 7. The van der Waals surface area contributed by atoms with Gasteiger partial charge in [-0.15, -0.1) is 0 Å². The number of benzene rings is 3. The van der Waals surface area contributed by atoms with E-state index >= 15 is 0 Å². The van der Waals surface area contributed by atoms with E-state index in [2.05, 4.69) is 9.93 Å². The number of ether oxygens (including phenoxy) is 1. The molecule has 0 aliphatic rings. The standard InChI is InChI=1S/C21H19ClN2O3S/c1-16-7-10-19(11-8-16)28(25,26)24-23-14-18-9-12-21(20(22)13-18)27-15-17-5-3-2-4-6-17/h2-14,24H,15H2,1H3/b23-14+. The number of hydrazone groups is 1. The largest absolute Gasteiger partial charge is 0.487 e. The van der Waals surface area contributed by atoms with Crippen LogP contribution < -0.4 is 9.57 Å². The van der Waals surface area contributed by atoms with E-state index in [0.717, 1.165) is 11.1 Å². The van der Waals surface area contributed by atoms with Crippen molar-refractivity contribution in [3.8, 4) is 5.75 Å². The number of hydrogen-bond donors (Lipinski definition) is 1. The third kappa shape index (κ3) is 5.34. The van der Waals surface area contributed by atoms with Crippen LogP contribution in [-0.2, 0) is 16.6 Å². The van der Waals surface area contributed by atoms with E-state index in [-0.39, 0.29) is 4.90 Å². The van der Waals surface area contributed by atoms with E-state index in [1.54, 1.807) is 30.3 Å². The van der Waals surface area contributed by atoms with Crippen molar-refractivity contribution in [1.29, 1.82) is 0 Å². The van der Waals surface area contributed by atoms with Gasteiger partial charge in [0.1, 0.15) is 12.4 Å². The van der Waals surface area contributed by atoms with Crippen molar-refractivity contribution in [3.63, 3.8) is 0 Å². The zero-order valence-electron chi connectivity index (χ0n) is 15.2. The Bertz CT molecular complexity index is 1070. The zero-order valence-corrected chi connectivity index (χ0v) is 16.7. The summed E-state index contributed by atoms with van der Waals surface area (Å²) in [7, 11) is -3.71. The summed E-state index contributed by atoms with van der Waals surface area (Å²) in [6.45, 7) is 2.29. The molecule has 0 saturated heterocycles. The van der Waals surface area contributed by atoms with Gasteiger partial charge in [0.05, 0.1) is 16.1 Å². The summed E-state index contributed by atoms with van der Waals surface area (Å²) in [5.41, 5.74) is 2.66. The molecule has 5 nitrogen and oxygen atoms in total. The SMILES string of the molecule is Cc1ccc(S(=O)(=O)N/N=C/c2ccc(OCc3ccccc3)c(Cl)c2)cc1. The highest BCUT2D eigenvalue weighted by Crippen LogP contribution is 2.25. The van der Waals surface area contributed by atoms with Crippen LogP contribution in [0.5, 0.6) is 5.75 Å². The highest BCUT2D eigenvalue weighted by molar-refractivity contribution is 7.89. The van der Waals surface area contributed by atoms with Gasteiger partial charge in [0, 0.05) is 0 Å². The second kappa shape index (κ2) is 8.91. The molecule has 0 bridgehead atoms. The number of halogens is 1. The van der Waals surface area contributed by atoms with Crippen molar-refractivity contribution >= 4 is 27.8 Å². The summed E-state index contributed by atoms with van der Waals surface area (Å²) in [6.07, 6.45) is 1.39. The summed E-state index contributed by atoms with van der Waals surface area (Å²) in [4.78, 5) is 2.34. The molecule has 0 aliphatic heterocycles. The van der Waals surface area contributed by atoms with Crippen LogP contribution in [0.2, 0.25) is 5.02 Å². The van der Waals surface area contributed by atoms with Crippen LogP contribution in [-0.4, -0.2) is 14.6 Å². The molecule has 7 heteroatoms. The van der Waals surface area contributed by atoms with Gasteiger partial charge in [-0.3, -0.25) is 0 Å². The van der Waals surface area contributed by atoms with Crippen molar-refractivity contribution in [2.45, 2.75) is 18.4 Å². The molecular weight excluding hydrogens is 396 g/mol. The van der Waals surface area contributed by atoms with Gasteiger partial charge in [-0.2, -0.15) is 13.5 Å². The van der Waals surface area contributed by atoms with Gasteiger partial charge in [-0.1, -0.05) is 59.6 Å². The van der Waals surface area contributed by atoms with Gasteiger partial charge in [0.25, 0.3) is 10.0 Å². The molecule has 3 aromatic carbocycles. The molecule has 0 amide bonds. The van der Waals surface area contributed by atoms with Gasteiger partial charge >= 0.3 is 0 Å². The first-order chi connectivity index (χ1) is 13.4. The minimum Gasteiger partial charge on any atom is -0.487 e. The lowest BCUT2D eigenvalue weighted by Crippen LogP contribution is -2.18. The third-order valence-electron chi connectivity index (χ3n) is 3.91. The summed E-state index contributed by atoms with van der Waals surface area (Å²) in [6, 6.07) is 21.4. The molecule has 0 unspecified atom stereocenters. The number of nitrogens with zero attached hydrogens (tertiary/aromatic N) is 1. The van der Waals surface area contributed by atoms with Crippen LogP contribution in [0.4, 0.5) is 0 Å². The first kappa shape index (κ1) is 19.9. The maximum absolute atomic E-state index is 12.2. The zero-order chi connectivity index (χ0) is 20.0. The predicted molar refractivity (Wildman–Crippen MR) is 111 cm³/mol. The van der Waals surface area contributed by atoms with Crippen LogP contribution in [0.25, 0.3) is 0 Å². The van der Waals surface area contributed by atoms with Crippen LogP contribution in [0.3, 0.4) is 0 Å². The molecular formula is C21H19ClN2O3S. The fourth-order valence-corrected chi connectivity index (χ4v) is 3.42. The van der Waals surface area contributed by atoms with Gasteiger partial charge < -0.3 is 4.74 Å². The highest BCUT2D eigenvalue weighted by atomic mass is 35.5. The van der Waals surface area contributed by atoms with Gasteiger partial charge in [0.15, 0.2) is 0 Å². The Morgan fingerprint density at radius 2 is 1.75 bits per heavy atom. The molecule has 0 fully saturated rings. The molecule has 0 aliphatic carbocycles. The number of sulfonamides is 1. The Balaban J connectivity index is 1.63. The minimum absolute atomic E-state index is 0.151. The second-order valence-corrected chi connectivity index (χ2v) is 8.20. The Labute approximate surface area is 169 Å². The topological polar surface area (TPSA) is 67.8 Å². The maximum Gasteiger partial charge on any atom is 0.276 e. The molecule has 0 atom stereocenters. The van der Waals surface area contributed by atoms with E-state index in [0.29, 0.717) is 22.9 Å². The Morgan fingerprint density at radius 3 is 2.43 bits per heavy atom. The highest BCUT2D eigenvalue weighted by Gasteiger charge is 2.11. The average Bonchev–Trinajstić information content (AvgIpc) is 2.68. The first-order valence-corrected chi connectivity index (χ1v) is 10.4. The third-order valence-corrected chi connectivity index (χ3v) is 5.44. The summed E-state index contributed by atoms with van der Waals surface area (Å²) < 4.78 is 30.1. The summed E-state index contributed by atoms with van der Waals surface area (Å²) >= 11 is 6.25. The van der Waals surface area contributed by atoms with E-state index < -0.39 is 10.0 Å². The molecule has 0 radical (unpaired) electrons. The fourth-order valence-electron chi connectivity index (χ4n) is 2.39. The van der Waals surface area contributed by atoms with Crippen molar-refractivity contribution in [1.82, 2.24) is 4.83 Å². The second-order valence-electron chi connectivity index (χ2n) is 6.13. The fraction of sp³-hybridized carbons (Fsp3) is 0.0952. The van der Waals surface area contributed by atoms with E-state index in [9.17, 15) is 8.42 Å². The molecule has 0 saturated carbocycles. The van der Waals surface area contributed by atoms with Crippen LogP contribution in [0.1, 0.15) is 16.7 Å². The minimum atomic E-state index is -3.71. The van der Waals surface area contributed by atoms with Crippen molar-refractivity contribution in [3.05, 3.63) is 94.5 Å². The van der Waals surface area contributed by atoms with Gasteiger partial charge in [-0.05, 0) is 48.4 Å².